The first-order valence-electron chi connectivity index (χ1n) is 15.7. The van der Waals surface area contributed by atoms with E-state index >= 15 is 0 Å². The molecule has 6 aromatic heterocycles. The first-order chi connectivity index (χ1) is 23.8. The van der Waals surface area contributed by atoms with Gasteiger partial charge >= 0.3 is 0 Å². The van der Waals surface area contributed by atoms with E-state index in [4.69, 9.17) is 24.9 Å². The average molecular weight is 633 g/mol. The van der Waals surface area contributed by atoms with E-state index in [1.165, 1.54) is 0 Å². The molecule has 0 fully saturated rings. The number of pyridine rings is 3. The number of fused-ring (bicyclic) bond motifs is 8. The van der Waals surface area contributed by atoms with Gasteiger partial charge in [0.05, 0.1) is 15.9 Å². The average Bonchev–Trinajstić information content (AvgIpc) is 3.73. The van der Waals surface area contributed by atoms with Gasteiger partial charge in [-0.15, -0.1) is 11.3 Å². The van der Waals surface area contributed by atoms with E-state index in [9.17, 15) is 0 Å². The monoisotopic (exact) mass is 632 g/mol. The molecular weight excluding hydrogens is 609 g/mol. The Morgan fingerprint density at radius 1 is 0.479 bits per heavy atom. The summed E-state index contributed by atoms with van der Waals surface area (Å²) in [6.45, 7) is 0. The van der Waals surface area contributed by atoms with E-state index in [1.54, 1.807) is 11.3 Å². The number of thiophene rings is 1. The second-order valence-corrected chi connectivity index (χ2v) is 12.9. The molecule has 0 bridgehead atoms. The van der Waals surface area contributed by atoms with Crippen LogP contribution in [0, 0.1) is 0 Å². The first kappa shape index (κ1) is 26.9. The van der Waals surface area contributed by atoms with Gasteiger partial charge in [-0.25, -0.2) is 24.9 Å². The van der Waals surface area contributed by atoms with E-state index < -0.39 is 0 Å². The summed E-state index contributed by atoms with van der Waals surface area (Å²) >= 11 is 1.62. The maximum absolute atomic E-state index is 5.20. The molecule has 0 saturated heterocycles. The molecule has 0 amide bonds. The lowest BCUT2D eigenvalue weighted by Gasteiger charge is -2.10. The largest absolute Gasteiger partial charge is 0.284 e. The van der Waals surface area contributed by atoms with Crippen LogP contribution in [0.4, 0.5) is 0 Å². The van der Waals surface area contributed by atoms with E-state index in [1.807, 2.05) is 61.1 Å². The lowest BCUT2D eigenvalue weighted by molar-refractivity contribution is 1.19. The van der Waals surface area contributed by atoms with Crippen LogP contribution < -0.4 is 0 Å². The second kappa shape index (κ2) is 10.6. The topological polar surface area (TPSA) is 68.9 Å². The van der Waals surface area contributed by atoms with Gasteiger partial charge in [0, 0.05) is 51.4 Å². The molecule has 6 heterocycles. The van der Waals surface area contributed by atoms with Crippen molar-refractivity contribution in [1.29, 1.82) is 0 Å². The number of imidazole rings is 1. The van der Waals surface area contributed by atoms with Crippen molar-refractivity contribution in [2.24, 2.45) is 0 Å². The molecule has 0 aliphatic heterocycles. The molecule has 224 valence electrons. The van der Waals surface area contributed by atoms with Crippen LogP contribution in [0.25, 0.3) is 92.9 Å². The third-order valence-electron chi connectivity index (χ3n) is 8.95. The zero-order valence-electron chi connectivity index (χ0n) is 25.4. The Morgan fingerprint density at radius 2 is 1.19 bits per heavy atom. The first-order valence-corrected chi connectivity index (χ1v) is 16.6. The third kappa shape index (κ3) is 4.29. The minimum atomic E-state index is 0.696. The Morgan fingerprint density at radius 3 is 2.02 bits per heavy atom. The smallest absolute Gasteiger partial charge is 0.165 e. The molecule has 48 heavy (non-hydrogen) atoms. The highest BCUT2D eigenvalue weighted by Crippen LogP contribution is 2.37. The fourth-order valence-electron chi connectivity index (χ4n) is 6.56. The van der Waals surface area contributed by atoms with E-state index in [0.29, 0.717) is 5.82 Å². The van der Waals surface area contributed by atoms with Crippen LogP contribution in [0.3, 0.4) is 0 Å². The standard InChI is InChI=1S/C41H24N6S/c1-3-9-25(10-4-1)30-22-33-37-34(48-41(33)43-23-30)24-42-39(45-37)28-16-14-26(15-17-28)29-18-19-31-32(21-29)36(27-11-5-2-6-12-27)46-40-38(31)44-35-13-7-8-20-47(35)40/h1-24H. The highest BCUT2D eigenvalue weighted by molar-refractivity contribution is 7.25. The van der Waals surface area contributed by atoms with E-state index in [0.717, 1.165) is 87.1 Å². The van der Waals surface area contributed by atoms with Crippen LogP contribution in [0.15, 0.2) is 146 Å². The molecular formula is C41H24N6S. The number of aromatic nitrogens is 6. The molecule has 0 aliphatic carbocycles. The quantitative estimate of drug-likeness (QED) is 0.193. The summed E-state index contributed by atoms with van der Waals surface area (Å²) < 4.78 is 3.09. The zero-order chi connectivity index (χ0) is 31.6. The Hall–Kier alpha value is -6.31. The van der Waals surface area contributed by atoms with Gasteiger partial charge in [-0.05, 0) is 41.0 Å². The van der Waals surface area contributed by atoms with Crippen LogP contribution in [0.2, 0.25) is 0 Å². The second-order valence-electron chi connectivity index (χ2n) is 11.8. The van der Waals surface area contributed by atoms with E-state index in [-0.39, 0.29) is 0 Å². The summed E-state index contributed by atoms with van der Waals surface area (Å²) in [6.07, 6.45) is 5.88. The van der Waals surface area contributed by atoms with Gasteiger partial charge in [-0.3, -0.25) is 4.40 Å². The molecule has 4 aromatic carbocycles. The van der Waals surface area contributed by atoms with Gasteiger partial charge in [0.25, 0.3) is 0 Å². The molecule has 10 aromatic rings. The fraction of sp³-hybridized carbons (Fsp3) is 0. The molecule has 0 saturated carbocycles. The van der Waals surface area contributed by atoms with Crippen LogP contribution in [-0.2, 0) is 0 Å². The minimum absolute atomic E-state index is 0.696. The SMILES string of the molecule is c1ccc(-c2cnc3sc4cnc(-c5ccc(-c6ccc7c(c6)c(-c6ccccc6)nc6c7nc7ccccn76)cc5)nc4c3c2)cc1. The van der Waals surface area contributed by atoms with Crippen molar-refractivity contribution >= 4 is 59.4 Å². The number of benzene rings is 4. The van der Waals surface area contributed by atoms with Crippen molar-refractivity contribution in [2.45, 2.75) is 0 Å². The molecule has 6 nitrogen and oxygen atoms in total. The predicted molar refractivity (Wildman–Crippen MR) is 196 cm³/mol. The van der Waals surface area contributed by atoms with E-state index in [2.05, 4.69) is 89.3 Å². The molecule has 0 N–H and O–H groups in total. The maximum atomic E-state index is 5.20. The summed E-state index contributed by atoms with van der Waals surface area (Å²) in [5, 5.41) is 3.20. The van der Waals surface area contributed by atoms with Gasteiger partial charge in [-0.1, -0.05) is 103 Å². The van der Waals surface area contributed by atoms with Gasteiger partial charge in [0.15, 0.2) is 11.5 Å². The number of hydrogen-bond acceptors (Lipinski definition) is 6. The summed E-state index contributed by atoms with van der Waals surface area (Å²) in [5.41, 5.74) is 11.0. The zero-order valence-corrected chi connectivity index (χ0v) is 26.3. The summed E-state index contributed by atoms with van der Waals surface area (Å²) in [5.74, 6) is 0.696. The lowest BCUT2D eigenvalue weighted by atomic mass is 9.97. The predicted octanol–water partition coefficient (Wildman–Crippen LogP) is 10.3. The van der Waals surface area contributed by atoms with Gasteiger partial charge in [0.1, 0.15) is 16.0 Å². The third-order valence-corrected chi connectivity index (χ3v) is 9.99. The molecule has 0 radical (unpaired) electrons. The summed E-state index contributed by atoms with van der Waals surface area (Å²) in [4.78, 5) is 25.7. The lowest BCUT2D eigenvalue weighted by Crippen LogP contribution is -1.92. The van der Waals surface area contributed by atoms with Gasteiger partial charge in [0.2, 0.25) is 0 Å². The molecule has 7 heteroatoms. The molecule has 0 atom stereocenters. The van der Waals surface area contributed by atoms with Crippen LogP contribution in [-0.4, -0.2) is 29.3 Å². The number of rotatable bonds is 4. The van der Waals surface area contributed by atoms with Crippen molar-refractivity contribution in [3.05, 3.63) is 146 Å². The van der Waals surface area contributed by atoms with Crippen molar-refractivity contribution in [2.75, 3.05) is 0 Å². The molecule has 10 rings (SSSR count). The van der Waals surface area contributed by atoms with Crippen LogP contribution >= 0.6 is 11.3 Å². The van der Waals surface area contributed by atoms with Crippen LogP contribution in [0.5, 0.6) is 0 Å². The maximum Gasteiger partial charge on any atom is 0.165 e. The Balaban J connectivity index is 1.06. The molecule has 0 spiro atoms. The highest BCUT2D eigenvalue weighted by Gasteiger charge is 2.17. The molecule has 0 unspecified atom stereocenters. The normalized spacial score (nSPS) is 11.8. The summed E-state index contributed by atoms with van der Waals surface area (Å²) in [6, 6.07) is 44.0. The van der Waals surface area contributed by atoms with Gasteiger partial charge in [-0.2, -0.15) is 0 Å². The Labute approximate surface area is 278 Å². The number of hydrogen-bond donors (Lipinski definition) is 0. The van der Waals surface area contributed by atoms with Crippen molar-refractivity contribution in [3.63, 3.8) is 0 Å². The number of nitrogens with zero attached hydrogens (tertiary/aromatic N) is 6. The minimum Gasteiger partial charge on any atom is -0.284 e. The Kier molecular flexibility index (Phi) is 5.94. The van der Waals surface area contributed by atoms with Crippen molar-refractivity contribution in [3.8, 4) is 44.9 Å². The van der Waals surface area contributed by atoms with Crippen LogP contribution in [0.1, 0.15) is 0 Å². The highest BCUT2D eigenvalue weighted by atomic mass is 32.1. The van der Waals surface area contributed by atoms with Crippen molar-refractivity contribution in [1.82, 2.24) is 29.3 Å². The summed E-state index contributed by atoms with van der Waals surface area (Å²) in [7, 11) is 0. The van der Waals surface area contributed by atoms with Gasteiger partial charge < -0.3 is 0 Å². The molecule has 0 aliphatic rings. The fourth-order valence-corrected chi connectivity index (χ4v) is 7.50. The van der Waals surface area contributed by atoms with Crippen molar-refractivity contribution < 1.29 is 0 Å². The Bertz CT molecular complexity index is 2820.